The average molecular weight is 451 g/mol. The molecule has 3 aromatic carbocycles. The lowest BCUT2D eigenvalue weighted by atomic mass is 10.0. The number of carbonyl (C=O) groups excluding carboxylic acids is 1. The molecular weight excluding hydrogens is 420 g/mol. The fourth-order valence-electron chi connectivity index (χ4n) is 5.23. The van der Waals surface area contributed by atoms with Gasteiger partial charge in [-0.05, 0) is 91.9 Å². The molecule has 2 aliphatic rings. The van der Waals surface area contributed by atoms with E-state index in [2.05, 4.69) is 57.2 Å². The second-order valence-corrected chi connectivity index (χ2v) is 9.52. The molecule has 172 valence electrons. The molecule has 6 rings (SSSR count). The van der Waals surface area contributed by atoms with Crippen molar-refractivity contribution in [2.75, 3.05) is 36.0 Å². The van der Waals surface area contributed by atoms with E-state index in [-0.39, 0.29) is 5.78 Å². The molecule has 0 unspecified atom stereocenters. The second kappa shape index (κ2) is 8.98. The second-order valence-electron chi connectivity index (χ2n) is 9.52. The van der Waals surface area contributed by atoms with E-state index in [9.17, 15) is 4.79 Å². The van der Waals surface area contributed by atoms with Gasteiger partial charge in [-0.3, -0.25) is 4.79 Å². The van der Waals surface area contributed by atoms with Crippen LogP contribution in [0.3, 0.4) is 0 Å². The monoisotopic (exact) mass is 450 g/mol. The third-order valence-corrected chi connectivity index (χ3v) is 7.18. The molecule has 5 nitrogen and oxygen atoms in total. The smallest absolute Gasteiger partial charge is 0.167 e. The number of carbonyl (C=O) groups is 1. The number of rotatable bonds is 6. The van der Waals surface area contributed by atoms with Crippen LogP contribution in [-0.2, 0) is 6.42 Å². The Morgan fingerprint density at radius 3 is 1.97 bits per heavy atom. The highest BCUT2D eigenvalue weighted by Crippen LogP contribution is 2.26. The Morgan fingerprint density at radius 1 is 0.765 bits per heavy atom. The highest BCUT2D eigenvalue weighted by Gasteiger charge is 2.15. The van der Waals surface area contributed by atoms with Crippen LogP contribution in [0.2, 0.25) is 0 Å². The molecule has 2 aliphatic heterocycles. The summed E-state index contributed by atoms with van der Waals surface area (Å²) in [4.78, 5) is 26.0. The van der Waals surface area contributed by atoms with Gasteiger partial charge in [-0.25, -0.2) is 4.98 Å². The summed E-state index contributed by atoms with van der Waals surface area (Å²) in [6, 6.07) is 22.8. The molecule has 34 heavy (non-hydrogen) atoms. The number of nitrogens with zero attached hydrogens (tertiary/aromatic N) is 3. The van der Waals surface area contributed by atoms with E-state index in [1.807, 2.05) is 24.3 Å². The van der Waals surface area contributed by atoms with Crippen LogP contribution in [0.15, 0.2) is 66.7 Å². The van der Waals surface area contributed by atoms with Gasteiger partial charge >= 0.3 is 0 Å². The molecule has 0 saturated carbocycles. The molecule has 0 spiro atoms. The van der Waals surface area contributed by atoms with E-state index in [0.717, 1.165) is 59.7 Å². The molecule has 2 saturated heterocycles. The Morgan fingerprint density at radius 2 is 1.35 bits per heavy atom. The Kier molecular flexibility index (Phi) is 5.54. The summed E-state index contributed by atoms with van der Waals surface area (Å²) in [5.74, 6) is 1.01. The van der Waals surface area contributed by atoms with E-state index in [1.54, 1.807) is 0 Å². The molecule has 1 N–H and O–H groups in total. The fourth-order valence-corrected chi connectivity index (χ4v) is 5.23. The minimum Gasteiger partial charge on any atom is -0.372 e. The van der Waals surface area contributed by atoms with Crippen molar-refractivity contribution < 1.29 is 4.79 Å². The lowest BCUT2D eigenvalue weighted by molar-refractivity contribution is 0.0993. The molecule has 4 aromatic rings. The highest BCUT2D eigenvalue weighted by atomic mass is 16.1. The maximum atomic E-state index is 12.9. The number of Topliss-reactive ketones (excluding diaryl/α,β-unsaturated/α-hetero) is 1. The minimum atomic E-state index is 0.143. The first-order valence-electron chi connectivity index (χ1n) is 12.5. The number of anilines is 2. The Labute approximate surface area is 200 Å². The number of nitrogens with one attached hydrogen (secondary N) is 1. The Balaban J connectivity index is 1.16. The molecule has 2 fully saturated rings. The lowest BCUT2D eigenvalue weighted by Crippen LogP contribution is -2.17. The zero-order valence-corrected chi connectivity index (χ0v) is 19.5. The maximum absolute atomic E-state index is 12.9. The van der Waals surface area contributed by atoms with E-state index >= 15 is 0 Å². The number of imidazole rings is 1. The molecule has 0 bridgehead atoms. The Bertz CT molecular complexity index is 1290. The number of aromatic amines is 1. The van der Waals surface area contributed by atoms with Crippen LogP contribution in [-0.4, -0.2) is 41.9 Å². The Hall–Kier alpha value is -3.60. The largest absolute Gasteiger partial charge is 0.372 e. The summed E-state index contributed by atoms with van der Waals surface area (Å²) in [6.45, 7) is 4.52. The van der Waals surface area contributed by atoms with Crippen LogP contribution in [0.4, 0.5) is 11.4 Å². The van der Waals surface area contributed by atoms with Gasteiger partial charge in [-0.2, -0.15) is 0 Å². The summed E-state index contributed by atoms with van der Waals surface area (Å²) in [7, 11) is 0. The normalized spacial score (nSPS) is 16.0. The molecule has 0 atom stereocenters. The maximum Gasteiger partial charge on any atom is 0.167 e. The van der Waals surface area contributed by atoms with Crippen LogP contribution in [0.5, 0.6) is 0 Å². The lowest BCUT2D eigenvalue weighted by Gasteiger charge is -2.17. The van der Waals surface area contributed by atoms with Gasteiger partial charge in [-0.15, -0.1) is 0 Å². The van der Waals surface area contributed by atoms with E-state index in [4.69, 9.17) is 4.98 Å². The first kappa shape index (κ1) is 21.0. The van der Waals surface area contributed by atoms with E-state index in [1.165, 1.54) is 37.1 Å². The summed E-state index contributed by atoms with van der Waals surface area (Å²) in [6.07, 6.45) is 5.45. The van der Waals surface area contributed by atoms with Gasteiger partial charge in [0.15, 0.2) is 5.78 Å². The van der Waals surface area contributed by atoms with Crippen molar-refractivity contribution in [1.29, 1.82) is 0 Å². The number of hydrogen-bond acceptors (Lipinski definition) is 4. The molecule has 5 heteroatoms. The van der Waals surface area contributed by atoms with Crippen molar-refractivity contribution in [2.24, 2.45) is 0 Å². The van der Waals surface area contributed by atoms with Crippen LogP contribution >= 0.6 is 0 Å². The van der Waals surface area contributed by atoms with Gasteiger partial charge in [0, 0.05) is 55.1 Å². The summed E-state index contributed by atoms with van der Waals surface area (Å²) < 4.78 is 0. The topological polar surface area (TPSA) is 52.2 Å². The zero-order valence-electron chi connectivity index (χ0n) is 19.5. The standard InChI is InChI=1S/C29H30N4O/c34-28(22-6-10-24(11-7-22)32-15-1-2-16-32)20-21-5-14-26-27(19-21)31-29(30-26)23-8-12-25(13-9-23)33-17-3-4-18-33/h5-14,19H,1-4,15-18,20H2,(H,30,31). The predicted octanol–water partition coefficient (Wildman–Crippen LogP) is 5.86. The molecule has 0 radical (unpaired) electrons. The van der Waals surface area contributed by atoms with Crippen molar-refractivity contribution in [3.8, 4) is 11.4 Å². The summed E-state index contributed by atoms with van der Waals surface area (Å²) >= 11 is 0. The third-order valence-electron chi connectivity index (χ3n) is 7.18. The van der Waals surface area contributed by atoms with Gasteiger partial charge < -0.3 is 14.8 Å². The van der Waals surface area contributed by atoms with Crippen molar-refractivity contribution in [2.45, 2.75) is 32.1 Å². The van der Waals surface area contributed by atoms with Crippen LogP contribution in [0, 0.1) is 0 Å². The third kappa shape index (κ3) is 4.18. The van der Waals surface area contributed by atoms with Gasteiger partial charge in [-0.1, -0.05) is 6.07 Å². The number of H-pyrrole nitrogens is 1. The molecule has 0 amide bonds. The van der Waals surface area contributed by atoms with Gasteiger partial charge in [0.2, 0.25) is 0 Å². The van der Waals surface area contributed by atoms with Crippen LogP contribution < -0.4 is 9.80 Å². The van der Waals surface area contributed by atoms with Crippen LogP contribution in [0.25, 0.3) is 22.4 Å². The van der Waals surface area contributed by atoms with Crippen molar-refractivity contribution >= 4 is 28.2 Å². The number of ketones is 1. The van der Waals surface area contributed by atoms with E-state index in [0.29, 0.717) is 6.42 Å². The van der Waals surface area contributed by atoms with Crippen LogP contribution in [0.1, 0.15) is 41.6 Å². The molecule has 0 aliphatic carbocycles. The van der Waals surface area contributed by atoms with Gasteiger partial charge in [0.05, 0.1) is 11.0 Å². The first-order valence-corrected chi connectivity index (χ1v) is 12.5. The SMILES string of the molecule is O=C(Cc1ccc2nc(-c3ccc(N4CCCC4)cc3)[nH]c2c1)c1ccc(N2CCCC2)cc1. The number of benzene rings is 3. The fraction of sp³-hybridized carbons (Fsp3) is 0.310. The van der Waals surface area contributed by atoms with E-state index < -0.39 is 0 Å². The van der Waals surface area contributed by atoms with Crippen molar-refractivity contribution in [3.63, 3.8) is 0 Å². The highest BCUT2D eigenvalue weighted by molar-refractivity contribution is 5.98. The number of aromatic nitrogens is 2. The van der Waals surface area contributed by atoms with Crippen molar-refractivity contribution in [1.82, 2.24) is 9.97 Å². The number of fused-ring (bicyclic) bond motifs is 1. The minimum absolute atomic E-state index is 0.143. The predicted molar refractivity (Wildman–Crippen MR) is 139 cm³/mol. The van der Waals surface area contributed by atoms with Gasteiger partial charge in [0.1, 0.15) is 5.82 Å². The molecule has 1 aromatic heterocycles. The molecule has 3 heterocycles. The average Bonchev–Trinajstić information content (AvgIpc) is 3.66. The van der Waals surface area contributed by atoms with Gasteiger partial charge in [0.25, 0.3) is 0 Å². The quantitative estimate of drug-likeness (QED) is 0.374. The number of hydrogen-bond donors (Lipinski definition) is 1. The van der Waals surface area contributed by atoms with Crippen molar-refractivity contribution in [3.05, 3.63) is 77.9 Å². The zero-order chi connectivity index (χ0) is 22.9. The first-order chi connectivity index (χ1) is 16.7. The summed E-state index contributed by atoms with van der Waals surface area (Å²) in [5.41, 5.74) is 7.24. The molecular formula is C29H30N4O. The summed E-state index contributed by atoms with van der Waals surface area (Å²) in [5, 5.41) is 0.